The summed E-state index contributed by atoms with van der Waals surface area (Å²) in [6, 6.07) is 0.204. The lowest BCUT2D eigenvalue weighted by Crippen LogP contribution is -2.43. The van der Waals surface area contributed by atoms with Crippen LogP contribution >= 0.6 is 0 Å². The summed E-state index contributed by atoms with van der Waals surface area (Å²) in [5.74, 6) is 0.689. The molecule has 1 rings (SSSR count). The van der Waals surface area contributed by atoms with Gasteiger partial charge in [0.05, 0.1) is 5.75 Å². The van der Waals surface area contributed by atoms with Gasteiger partial charge in [0.15, 0.2) is 0 Å². The predicted octanol–water partition coefficient (Wildman–Crippen LogP) is 1.57. The van der Waals surface area contributed by atoms with Crippen LogP contribution in [0.2, 0.25) is 0 Å². The second-order valence-corrected chi connectivity index (χ2v) is 7.38. The number of hydrogen-bond donors (Lipinski definition) is 1. The highest BCUT2D eigenvalue weighted by molar-refractivity contribution is 7.89. The summed E-state index contributed by atoms with van der Waals surface area (Å²) in [5, 5.41) is 0. The Balaban J connectivity index is 2.67. The maximum atomic E-state index is 12.3. The van der Waals surface area contributed by atoms with E-state index in [9.17, 15) is 8.42 Å². The zero-order chi connectivity index (χ0) is 12.9. The summed E-state index contributed by atoms with van der Waals surface area (Å²) < 4.78 is 26.2. The van der Waals surface area contributed by atoms with Crippen molar-refractivity contribution in [1.29, 1.82) is 0 Å². The number of sulfonamides is 1. The molecule has 0 heterocycles. The molecule has 4 nitrogen and oxygen atoms in total. The van der Waals surface area contributed by atoms with Gasteiger partial charge in [0.25, 0.3) is 0 Å². The molecule has 0 aromatic rings. The average Bonchev–Trinajstić information content (AvgIpc) is 2.76. The third-order valence-corrected chi connectivity index (χ3v) is 5.34. The average molecular weight is 262 g/mol. The van der Waals surface area contributed by atoms with Crippen LogP contribution in [0.15, 0.2) is 0 Å². The van der Waals surface area contributed by atoms with Gasteiger partial charge >= 0.3 is 0 Å². The Bertz CT molecular complexity index is 308. The monoisotopic (exact) mass is 262 g/mol. The van der Waals surface area contributed by atoms with E-state index >= 15 is 0 Å². The maximum Gasteiger partial charge on any atom is 0.214 e. The van der Waals surface area contributed by atoms with Crippen LogP contribution in [-0.2, 0) is 10.0 Å². The summed E-state index contributed by atoms with van der Waals surface area (Å²) in [6.45, 7) is 5.00. The molecule has 1 fully saturated rings. The van der Waals surface area contributed by atoms with Gasteiger partial charge in [0.2, 0.25) is 10.0 Å². The largest absolute Gasteiger partial charge is 0.329 e. The van der Waals surface area contributed by atoms with Crippen molar-refractivity contribution >= 4 is 10.0 Å². The van der Waals surface area contributed by atoms with Crippen LogP contribution in [-0.4, -0.2) is 37.6 Å². The quantitative estimate of drug-likeness (QED) is 0.757. The highest BCUT2D eigenvalue weighted by Gasteiger charge is 2.31. The fourth-order valence-corrected chi connectivity index (χ4v) is 4.42. The van der Waals surface area contributed by atoms with Gasteiger partial charge in [-0.05, 0) is 25.2 Å². The SMILES string of the molecule is CC(C)CCS(=O)(=O)N(CCN)C1CCCC1. The number of nitrogens with two attached hydrogens (primary N) is 1. The minimum Gasteiger partial charge on any atom is -0.329 e. The number of hydrogen-bond acceptors (Lipinski definition) is 3. The van der Waals surface area contributed by atoms with Crippen LogP contribution in [0.25, 0.3) is 0 Å². The first-order chi connectivity index (χ1) is 7.97. The smallest absolute Gasteiger partial charge is 0.214 e. The first-order valence-corrected chi connectivity index (χ1v) is 8.28. The first-order valence-electron chi connectivity index (χ1n) is 6.67. The van der Waals surface area contributed by atoms with Gasteiger partial charge in [0, 0.05) is 19.1 Å². The van der Waals surface area contributed by atoms with E-state index in [-0.39, 0.29) is 11.8 Å². The molecule has 102 valence electrons. The normalized spacial score (nSPS) is 18.4. The summed E-state index contributed by atoms with van der Waals surface area (Å²) in [6.07, 6.45) is 5.02. The molecule has 0 unspecified atom stereocenters. The van der Waals surface area contributed by atoms with Crippen LogP contribution in [0.4, 0.5) is 0 Å². The van der Waals surface area contributed by atoms with Crippen LogP contribution in [0.1, 0.15) is 46.0 Å². The van der Waals surface area contributed by atoms with Crippen molar-refractivity contribution in [2.24, 2.45) is 11.7 Å². The van der Waals surface area contributed by atoms with E-state index in [0.717, 1.165) is 32.1 Å². The number of nitrogens with zero attached hydrogens (tertiary/aromatic N) is 1. The van der Waals surface area contributed by atoms with E-state index in [0.29, 0.717) is 19.0 Å². The molecule has 17 heavy (non-hydrogen) atoms. The van der Waals surface area contributed by atoms with Crippen molar-refractivity contribution in [2.75, 3.05) is 18.8 Å². The lowest BCUT2D eigenvalue weighted by molar-refractivity contribution is 0.327. The minimum absolute atomic E-state index is 0.204. The molecule has 0 atom stereocenters. The molecule has 0 bridgehead atoms. The van der Waals surface area contributed by atoms with E-state index in [4.69, 9.17) is 5.73 Å². The topological polar surface area (TPSA) is 63.4 Å². The first kappa shape index (κ1) is 14.9. The van der Waals surface area contributed by atoms with Crippen molar-refractivity contribution in [1.82, 2.24) is 4.31 Å². The van der Waals surface area contributed by atoms with E-state index in [1.165, 1.54) is 0 Å². The van der Waals surface area contributed by atoms with Gasteiger partial charge in [-0.25, -0.2) is 8.42 Å². The van der Waals surface area contributed by atoms with Gasteiger partial charge in [0.1, 0.15) is 0 Å². The van der Waals surface area contributed by atoms with E-state index in [1.54, 1.807) is 4.31 Å². The number of rotatable bonds is 7. The zero-order valence-electron chi connectivity index (χ0n) is 11.1. The zero-order valence-corrected chi connectivity index (χ0v) is 11.9. The molecule has 0 aliphatic heterocycles. The Morgan fingerprint density at radius 3 is 2.35 bits per heavy atom. The van der Waals surface area contributed by atoms with E-state index in [1.807, 2.05) is 0 Å². The molecule has 0 amide bonds. The molecule has 0 saturated heterocycles. The van der Waals surface area contributed by atoms with Crippen molar-refractivity contribution in [3.8, 4) is 0 Å². The molecule has 1 aliphatic carbocycles. The summed E-state index contributed by atoms with van der Waals surface area (Å²) in [5.41, 5.74) is 5.54. The van der Waals surface area contributed by atoms with Crippen molar-refractivity contribution in [2.45, 2.75) is 52.0 Å². The molecule has 1 aliphatic rings. The lowest BCUT2D eigenvalue weighted by atomic mass is 10.2. The highest BCUT2D eigenvalue weighted by atomic mass is 32.2. The fourth-order valence-electron chi connectivity index (χ4n) is 2.37. The van der Waals surface area contributed by atoms with Crippen LogP contribution < -0.4 is 5.73 Å². The van der Waals surface area contributed by atoms with Gasteiger partial charge in [-0.3, -0.25) is 0 Å². The second kappa shape index (κ2) is 6.71. The van der Waals surface area contributed by atoms with E-state index < -0.39 is 10.0 Å². The molecule has 5 heteroatoms. The van der Waals surface area contributed by atoms with Gasteiger partial charge in [-0.2, -0.15) is 4.31 Å². The molecule has 1 saturated carbocycles. The lowest BCUT2D eigenvalue weighted by Gasteiger charge is -2.27. The standard InChI is InChI=1S/C12H26N2O2S/c1-11(2)7-10-17(15,16)14(9-8-13)12-5-3-4-6-12/h11-12H,3-10,13H2,1-2H3. The summed E-state index contributed by atoms with van der Waals surface area (Å²) in [4.78, 5) is 0. The van der Waals surface area contributed by atoms with Crippen LogP contribution in [0.5, 0.6) is 0 Å². The molecule has 2 N–H and O–H groups in total. The second-order valence-electron chi connectivity index (χ2n) is 5.34. The van der Waals surface area contributed by atoms with Crippen molar-refractivity contribution in [3.63, 3.8) is 0 Å². The van der Waals surface area contributed by atoms with Gasteiger partial charge in [-0.1, -0.05) is 26.7 Å². The Kier molecular flexibility index (Phi) is 5.89. The van der Waals surface area contributed by atoms with Crippen LogP contribution in [0, 0.1) is 5.92 Å². The molecular formula is C12H26N2O2S. The maximum absolute atomic E-state index is 12.3. The summed E-state index contributed by atoms with van der Waals surface area (Å²) >= 11 is 0. The minimum atomic E-state index is -3.11. The Labute approximate surface area is 106 Å². The Hall–Kier alpha value is -0.130. The highest BCUT2D eigenvalue weighted by Crippen LogP contribution is 2.26. The summed E-state index contributed by atoms with van der Waals surface area (Å²) in [7, 11) is -3.11. The van der Waals surface area contributed by atoms with Gasteiger partial charge < -0.3 is 5.73 Å². The molecule has 0 aromatic carbocycles. The molecule has 0 aromatic heterocycles. The Morgan fingerprint density at radius 1 is 1.29 bits per heavy atom. The van der Waals surface area contributed by atoms with Gasteiger partial charge in [-0.15, -0.1) is 0 Å². The molecule has 0 spiro atoms. The Morgan fingerprint density at radius 2 is 1.88 bits per heavy atom. The third kappa shape index (κ3) is 4.56. The van der Waals surface area contributed by atoms with Crippen molar-refractivity contribution < 1.29 is 8.42 Å². The van der Waals surface area contributed by atoms with E-state index in [2.05, 4.69) is 13.8 Å². The fraction of sp³-hybridized carbons (Fsp3) is 1.00. The molecular weight excluding hydrogens is 236 g/mol. The third-order valence-electron chi connectivity index (χ3n) is 3.39. The predicted molar refractivity (Wildman–Crippen MR) is 71.3 cm³/mol. The molecule has 0 radical (unpaired) electrons. The van der Waals surface area contributed by atoms with Crippen molar-refractivity contribution in [3.05, 3.63) is 0 Å². The van der Waals surface area contributed by atoms with Crippen LogP contribution in [0.3, 0.4) is 0 Å².